The van der Waals surface area contributed by atoms with E-state index < -0.39 is 17.9 Å². The molecule has 0 aliphatic carbocycles. The number of aliphatic carboxylic acids is 1. The molecule has 0 bridgehead atoms. The molecule has 0 fully saturated rings. The quantitative estimate of drug-likeness (QED) is 0.698. The van der Waals surface area contributed by atoms with Gasteiger partial charge in [0.1, 0.15) is 6.04 Å². The Morgan fingerprint density at radius 1 is 1.17 bits per heavy atom. The number of halogens is 3. The third-order valence-electron chi connectivity index (χ3n) is 3.12. The van der Waals surface area contributed by atoms with Crippen LogP contribution in [-0.4, -0.2) is 23.0 Å². The third-order valence-corrected chi connectivity index (χ3v) is 4.62. The van der Waals surface area contributed by atoms with Crippen LogP contribution in [0.4, 0.5) is 0 Å². The van der Waals surface area contributed by atoms with E-state index in [1.165, 1.54) is 0 Å². The maximum atomic E-state index is 12.2. The lowest BCUT2D eigenvalue weighted by molar-refractivity contribution is -0.139. The summed E-state index contributed by atoms with van der Waals surface area (Å²) in [4.78, 5) is 23.7. The molecule has 0 saturated carbocycles. The van der Waals surface area contributed by atoms with Crippen LogP contribution in [-0.2, 0) is 11.2 Å². The van der Waals surface area contributed by atoms with E-state index in [0.717, 1.165) is 8.95 Å². The van der Waals surface area contributed by atoms with Crippen LogP contribution in [0.15, 0.2) is 51.4 Å². The van der Waals surface area contributed by atoms with Crippen molar-refractivity contribution < 1.29 is 14.7 Å². The molecule has 0 aliphatic rings. The summed E-state index contributed by atoms with van der Waals surface area (Å²) in [6.45, 7) is 0. The summed E-state index contributed by atoms with van der Waals surface area (Å²) in [5, 5.41) is 12.4. The van der Waals surface area contributed by atoms with Gasteiger partial charge in [-0.1, -0.05) is 49.5 Å². The fourth-order valence-corrected chi connectivity index (χ4v) is 2.99. The fraction of sp³-hybridized carbons (Fsp3) is 0.125. The van der Waals surface area contributed by atoms with E-state index in [9.17, 15) is 14.7 Å². The molecule has 1 atom stereocenters. The number of nitrogens with one attached hydrogen (secondary N) is 1. The smallest absolute Gasteiger partial charge is 0.326 e. The fourth-order valence-electron chi connectivity index (χ4n) is 1.99. The normalized spacial score (nSPS) is 11.8. The van der Waals surface area contributed by atoms with Crippen LogP contribution in [0.1, 0.15) is 15.9 Å². The SMILES string of the molecule is O=C(N[C@H](Cc1cc(Cl)ccc1Br)C(=O)O)c1cccc(Br)c1. The number of benzene rings is 2. The third kappa shape index (κ3) is 5.06. The van der Waals surface area contributed by atoms with Crippen LogP contribution < -0.4 is 5.32 Å². The van der Waals surface area contributed by atoms with Gasteiger partial charge in [-0.3, -0.25) is 4.79 Å². The van der Waals surface area contributed by atoms with Crippen molar-refractivity contribution in [3.63, 3.8) is 0 Å². The summed E-state index contributed by atoms with van der Waals surface area (Å²) in [5.74, 6) is -1.56. The van der Waals surface area contributed by atoms with Crippen molar-refractivity contribution in [3.05, 3.63) is 67.6 Å². The summed E-state index contributed by atoms with van der Waals surface area (Å²) in [5.41, 5.74) is 1.09. The second-order valence-corrected chi connectivity index (χ2v) is 7.02. The molecule has 0 aliphatic heterocycles. The van der Waals surface area contributed by atoms with Crippen LogP contribution in [0.25, 0.3) is 0 Å². The lowest BCUT2D eigenvalue weighted by Crippen LogP contribution is -2.42. The van der Waals surface area contributed by atoms with Crippen LogP contribution in [0, 0.1) is 0 Å². The molecule has 2 N–H and O–H groups in total. The van der Waals surface area contributed by atoms with Crippen LogP contribution in [0.3, 0.4) is 0 Å². The molecule has 7 heteroatoms. The highest BCUT2D eigenvalue weighted by Crippen LogP contribution is 2.22. The summed E-state index contributed by atoms with van der Waals surface area (Å²) in [6, 6.07) is 10.8. The van der Waals surface area contributed by atoms with Gasteiger partial charge in [-0.25, -0.2) is 4.79 Å². The molecule has 2 aromatic rings. The molecule has 0 spiro atoms. The molecule has 4 nitrogen and oxygen atoms in total. The van der Waals surface area contributed by atoms with Gasteiger partial charge >= 0.3 is 5.97 Å². The van der Waals surface area contributed by atoms with E-state index in [4.69, 9.17) is 11.6 Å². The zero-order valence-corrected chi connectivity index (χ0v) is 15.7. The van der Waals surface area contributed by atoms with E-state index in [1.54, 1.807) is 42.5 Å². The number of amides is 1. The van der Waals surface area contributed by atoms with E-state index in [1.807, 2.05) is 0 Å². The Kier molecular flexibility index (Phi) is 6.21. The van der Waals surface area contributed by atoms with Gasteiger partial charge in [0.2, 0.25) is 0 Å². The van der Waals surface area contributed by atoms with Gasteiger partial charge in [0.15, 0.2) is 0 Å². The van der Waals surface area contributed by atoms with E-state index in [2.05, 4.69) is 37.2 Å². The molecule has 23 heavy (non-hydrogen) atoms. The lowest BCUT2D eigenvalue weighted by atomic mass is 10.1. The molecule has 0 saturated heterocycles. The first-order chi connectivity index (χ1) is 10.9. The Labute approximate surface area is 155 Å². The molecular formula is C16H12Br2ClNO3. The van der Waals surface area contributed by atoms with Gasteiger partial charge in [-0.05, 0) is 42.0 Å². The minimum absolute atomic E-state index is 0.121. The Bertz CT molecular complexity index is 752. The average molecular weight is 462 g/mol. The van der Waals surface area contributed by atoms with Crippen molar-refractivity contribution in [2.75, 3.05) is 0 Å². The molecule has 1 amide bonds. The van der Waals surface area contributed by atoms with E-state index in [0.29, 0.717) is 16.1 Å². The first kappa shape index (κ1) is 18.0. The molecule has 0 aromatic heterocycles. The molecular weight excluding hydrogens is 449 g/mol. The second kappa shape index (κ2) is 7.95. The van der Waals surface area contributed by atoms with Gasteiger partial charge in [0, 0.05) is 26.0 Å². The average Bonchev–Trinajstić information content (AvgIpc) is 2.50. The van der Waals surface area contributed by atoms with Crippen molar-refractivity contribution in [1.82, 2.24) is 5.32 Å². The zero-order valence-electron chi connectivity index (χ0n) is 11.7. The minimum Gasteiger partial charge on any atom is -0.480 e. The van der Waals surface area contributed by atoms with Crippen LogP contribution in [0.2, 0.25) is 5.02 Å². The zero-order chi connectivity index (χ0) is 17.0. The Morgan fingerprint density at radius 3 is 2.57 bits per heavy atom. The number of hydrogen-bond donors (Lipinski definition) is 2. The number of carboxylic acid groups (broad SMARTS) is 1. The maximum Gasteiger partial charge on any atom is 0.326 e. The molecule has 2 rings (SSSR count). The highest BCUT2D eigenvalue weighted by atomic mass is 79.9. The van der Waals surface area contributed by atoms with Crippen molar-refractivity contribution in [2.45, 2.75) is 12.5 Å². The molecule has 0 radical (unpaired) electrons. The van der Waals surface area contributed by atoms with Crippen molar-refractivity contribution in [2.24, 2.45) is 0 Å². The summed E-state index contributed by atoms with van der Waals surface area (Å²) >= 11 is 12.6. The number of rotatable bonds is 5. The van der Waals surface area contributed by atoms with E-state index >= 15 is 0 Å². The highest BCUT2D eigenvalue weighted by molar-refractivity contribution is 9.10. The predicted molar refractivity (Wildman–Crippen MR) is 95.9 cm³/mol. The number of carbonyl (C=O) groups is 2. The summed E-state index contributed by atoms with van der Waals surface area (Å²) < 4.78 is 1.49. The van der Waals surface area contributed by atoms with E-state index in [-0.39, 0.29) is 6.42 Å². The number of hydrogen-bond acceptors (Lipinski definition) is 2. The minimum atomic E-state index is -1.11. The molecule has 0 heterocycles. The number of carbonyl (C=O) groups excluding carboxylic acids is 1. The van der Waals surface area contributed by atoms with Gasteiger partial charge in [0.25, 0.3) is 5.91 Å². The standard InChI is InChI=1S/C16H12Br2ClNO3/c17-11-3-1-2-9(6-11)15(21)20-14(16(22)23)8-10-7-12(19)4-5-13(10)18/h1-7,14H,8H2,(H,20,21)(H,22,23)/t14-/m1/s1. The lowest BCUT2D eigenvalue weighted by Gasteiger charge is -2.16. The van der Waals surface area contributed by atoms with Crippen LogP contribution >= 0.6 is 43.5 Å². The first-order valence-electron chi connectivity index (χ1n) is 6.60. The van der Waals surface area contributed by atoms with Gasteiger partial charge < -0.3 is 10.4 Å². The monoisotopic (exact) mass is 459 g/mol. The van der Waals surface area contributed by atoms with Crippen LogP contribution in [0.5, 0.6) is 0 Å². The van der Waals surface area contributed by atoms with Gasteiger partial charge in [0.05, 0.1) is 0 Å². The number of carboxylic acids is 1. The maximum absolute atomic E-state index is 12.2. The molecule has 2 aromatic carbocycles. The Balaban J connectivity index is 2.17. The van der Waals surface area contributed by atoms with Crippen molar-refractivity contribution in [3.8, 4) is 0 Å². The van der Waals surface area contributed by atoms with Gasteiger partial charge in [-0.2, -0.15) is 0 Å². The predicted octanol–water partition coefficient (Wildman–Crippen LogP) is 4.29. The first-order valence-corrected chi connectivity index (χ1v) is 8.56. The summed E-state index contributed by atoms with van der Waals surface area (Å²) in [6.07, 6.45) is 0.121. The van der Waals surface area contributed by atoms with Gasteiger partial charge in [-0.15, -0.1) is 0 Å². The van der Waals surface area contributed by atoms with Crippen molar-refractivity contribution in [1.29, 1.82) is 0 Å². The Hall–Kier alpha value is -1.37. The highest BCUT2D eigenvalue weighted by Gasteiger charge is 2.22. The Morgan fingerprint density at radius 2 is 1.91 bits per heavy atom. The second-order valence-electron chi connectivity index (χ2n) is 4.81. The van der Waals surface area contributed by atoms with Crippen molar-refractivity contribution >= 4 is 55.3 Å². The molecule has 120 valence electrons. The summed E-state index contributed by atoms with van der Waals surface area (Å²) in [7, 11) is 0. The largest absolute Gasteiger partial charge is 0.480 e. The molecule has 0 unspecified atom stereocenters. The topological polar surface area (TPSA) is 66.4 Å².